The molecule has 1 aliphatic rings. The number of nitrogens with zero attached hydrogens (tertiary/aromatic N) is 2. The summed E-state index contributed by atoms with van der Waals surface area (Å²) in [5.41, 5.74) is 3.65. The molecule has 2 aromatic carbocycles. The van der Waals surface area contributed by atoms with Crippen LogP contribution >= 0.6 is 0 Å². The van der Waals surface area contributed by atoms with Gasteiger partial charge >= 0.3 is 0 Å². The van der Waals surface area contributed by atoms with Crippen LogP contribution in [0.25, 0.3) is 16.9 Å². The Morgan fingerprint density at radius 1 is 1.12 bits per heavy atom. The highest BCUT2D eigenvalue weighted by atomic mass is 16.1. The molecule has 0 radical (unpaired) electrons. The van der Waals surface area contributed by atoms with E-state index in [0.717, 1.165) is 16.9 Å². The molecule has 0 unspecified atom stereocenters. The maximum Gasteiger partial charge on any atom is 0.251 e. The summed E-state index contributed by atoms with van der Waals surface area (Å²) in [5, 5.41) is 7.56. The zero-order valence-electron chi connectivity index (χ0n) is 14.2. The van der Waals surface area contributed by atoms with Crippen LogP contribution in [-0.4, -0.2) is 21.7 Å². The molecule has 1 aromatic heterocycles. The van der Waals surface area contributed by atoms with E-state index < -0.39 is 0 Å². The molecule has 1 fully saturated rings. The minimum absolute atomic E-state index is 0.0188. The molecule has 126 valence electrons. The molecule has 1 heterocycles. The molecule has 1 saturated carbocycles. The van der Waals surface area contributed by atoms with Gasteiger partial charge in [0.1, 0.15) is 0 Å². The average Bonchev–Trinajstić information content (AvgIpc) is 3.39. The van der Waals surface area contributed by atoms with Crippen molar-refractivity contribution in [3.05, 3.63) is 72.4 Å². The summed E-state index contributed by atoms with van der Waals surface area (Å²) < 4.78 is 1.87. The van der Waals surface area contributed by atoms with E-state index in [1.807, 2.05) is 53.2 Å². The maximum atomic E-state index is 12.5. The van der Waals surface area contributed by atoms with Crippen LogP contribution in [0, 0.1) is 5.92 Å². The first kappa shape index (κ1) is 15.6. The minimum atomic E-state index is -0.0188. The van der Waals surface area contributed by atoms with E-state index >= 15 is 0 Å². The Hall–Kier alpha value is -2.88. The van der Waals surface area contributed by atoms with Gasteiger partial charge in [0.25, 0.3) is 5.91 Å². The molecular formula is C21H21N3O. The quantitative estimate of drug-likeness (QED) is 0.766. The van der Waals surface area contributed by atoms with E-state index in [9.17, 15) is 4.79 Å². The highest BCUT2D eigenvalue weighted by Gasteiger charge is 2.29. The average molecular weight is 331 g/mol. The van der Waals surface area contributed by atoms with Crippen molar-refractivity contribution < 1.29 is 4.79 Å². The van der Waals surface area contributed by atoms with Crippen molar-refractivity contribution in [2.75, 3.05) is 0 Å². The lowest BCUT2D eigenvalue weighted by molar-refractivity contribution is 0.0936. The van der Waals surface area contributed by atoms with Crippen LogP contribution in [0.15, 0.2) is 66.9 Å². The summed E-state index contributed by atoms with van der Waals surface area (Å²) in [4.78, 5) is 12.5. The Kier molecular flexibility index (Phi) is 4.10. The largest absolute Gasteiger partial charge is 0.349 e. The lowest BCUT2D eigenvalue weighted by Crippen LogP contribution is -2.34. The molecule has 3 aromatic rings. The Morgan fingerprint density at radius 3 is 2.68 bits per heavy atom. The van der Waals surface area contributed by atoms with Gasteiger partial charge in [0, 0.05) is 17.2 Å². The van der Waals surface area contributed by atoms with Gasteiger partial charge in [-0.3, -0.25) is 4.79 Å². The van der Waals surface area contributed by atoms with E-state index in [-0.39, 0.29) is 11.9 Å². The first-order valence-corrected chi connectivity index (χ1v) is 8.73. The molecule has 1 amide bonds. The number of amides is 1. The van der Waals surface area contributed by atoms with Crippen LogP contribution in [-0.2, 0) is 0 Å². The van der Waals surface area contributed by atoms with E-state index in [4.69, 9.17) is 0 Å². The first-order chi connectivity index (χ1) is 12.2. The predicted octanol–water partition coefficient (Wildman–Crippen LogP) is 4.07. The molecule has 0 bridgehead atoms. The topological polar surface area (TPSA) is 46.9 Å². The SMILES string of the molecule is C[C@@H](NC(=O)c1cccc(-n2nccc2-c2ccccc2)c1)C1CC1. The number of hydrogen-bond donors (Lipinski definition) is 1. The van der Waals surface area contributed by atoms with Gasteiger partial charge in [-0.1, -0.05) is 36.4 Å². The fraction of sp³-hybridized carbons (Fsp3) is 0.238. The van der Waals surface area contributed by atoms with Crippen molar-refractivity contribution in [2.24, 2.45) is 5.92 Å². The van der Waals surface area contributed by atoms with Crippen LogP contribution in [0.2, 0.25) is 0 Å². The van der Waals surface area contributed by atoms with Crippen LogP contribution < -0.4 is 5.32 Å². The number of carbonyl (C=O) groups excluding carboxylic acids is 1. The van der Waals surface area contributed by atoms with E-state index in [0.29, 0.717) is 11.5 Å². The Bertz CT molecular complexity index is 881. The fourth-order valence-corrected chi connectivity index (χ4v) is 3.12. The smallest absolute Gasteiger partial charge is 0.251 e. The van der Waals surface area contributed by atoms with Crippen molar-refractivity contribution in [1.82, 2.24) is 15.1 Å². The molecule has 0 saturated heterocycles. The second kappa shape index (κ2) is 6.55. The zero-order chi connectivity index (χ0) is 17.2. The normalized spacial score (nSPS) is 14.9. The highest BCUT2D eigenvalue weighted by Crippen LogP contribution is 2.32. The lowest BCUT2D eigenvalue weighted by Gasteiger charge is -2.14. The van der Waals surface area contributed by atoms with Crippen LogP contribution in [0.4, 0.5) is 0 Å². The predicted molar refractivity (Wildman–Crippen MR) is 98.7 cm³/mol. The Labute approximate surface area is 147 Å². The minimum Gasteiger partial charge on any atom is -0.349 e. The van der Waals surface area contributed by atoms with E-state index in [1.165, 1.54) is 12.8 Å². The van der Waals surface area contributed by atoms with Gasteiger partial charge in [-0.15, -0.1) is 0 Å². The molecule has 1 aliphatic carbocycles. The number of carbonyl (C=O) groups is 1. The first-order valence-electron chi connectivity index (χ1n) is 8.73. The van der Waals surface area contributed by atoms with Gasteiger partial charge < -0.3 is 5.32 Å². The summed E-state index contributed by atoms with van der Waals surface area (Å²) >= 11 is 0. The number of rotatable bonds is 5. The second-order valence-corrected chi connectivity index (χ2v) is 6.64. The van der Waals surface area contributed by atoms with Gasteiger partial charge in [0.15, 0.2) is 0 Å². The van der Waals surface area contributed by atoms with Crippen molar-refractivity contribution in [1.29, 1.82) is 0 Å². The molecule has 4 rings (SSSR count). The summed E-state index contributed by atoms with van der Waals surface area (Å²) in [7, 11) is 0. The van der Waals surface area contributed by atoms with Crippen LogP contribution in [0.3, 0.4) is 0 Å². The molecule has 4 heteroatoms. The number of benzene rings is 2. The van der Waals surface area contributed by atoms with Crippen molar-refractivity contribution in [3.8, 4) is 16.9 Å². The van der Waals surface area contributed by atoms with Crippen molar-refractivity contribution in [2.45, 2.75) is 25.8 Å². The van der Waals surface area contributed by atoms with Crippen LogP contribution in [0.1, 0.15) is 30.1 Å². The Balaban J connectivity index is 1.62. The Morgan fingerprint density at radius 2 is 1.92 bits per heavy atom. The molecule has 25 heavy (non-hydrogen) atoms. The summed E-state index contributed by atoms with van der Waals surface area (Å²) in [5.74, 6) is 0.623. The van der Waals surface area contributed by atoms with Gasteiger partial charge in [0.2, 0.25) is 0 Å². The molecule has 4 nitrogen and oxygen atoms in total. The van der Waals surface area contributed by atoms with Crippen molar-refractivity contribution >= 4 is 5.91 Å². The third-order valence-corrected chi connectivity index (χ3v) is 4.75. The zero-order valence-corrected chi connectivity index (χ0v) is 14.2. The van der Waals surface area contributed by atoms with Crippen LogP contribution in [0.5, 0.6) is 0 Å². The van der Waals surface area contributed by atoms with E-state index in [2.05, 4.69) is 29.5 Å². The molecule has 0 spiro atoms. The fourth-order valence-electron chi connectivity index (χ4n) is 3.12. The van der Waals surface area contributed by atoms with Gasteiger partial charge in [-0.2, -0.15) is 5.10 Å². The maximum absolute atomic E-state index is 12.5. The summed E-state index contributed by atoms with van der Waals surface area (Å²) in [6.45, 7) is 2.08. The third-order valence-electron chi connectivity index (χ3n) is 4.75. The van der Waals surface area contributed by atoms with Gasteiger partial charge in [0.05, 0.1) is 17.6 Å². The van der Waals surface area contributed by atoms with Gasteiger partial charge in [-0.25, -0.2) is 4.68 Å². The lowest BCUT2D eigenvalue weighted by atomic mass is 10.1. The summed E-state index contributed by atoms with van der Waals surface area (Å²) in [6.07, 6.45) is 4.22. The number of hydrogen-bond acceptors (Lipinski definition) is 2. The highest BCUT2D eigenvalue weighted by molar-refractivity contribution is 5.95. The number of nitrogens with one attached hydrogen (secondary N) is 1. The monoisotopic (exact) mass is 331 g/mol. The summed E-state index contributed by atoms with van der Waals surface area (Å²) in [6, 6.07) is 20.0. The molecule has 0 aliphatic heterocycles. The molecular weight excluding hydrogens is 310 g/mol. The van der Waals surface area contributed by atoms with Crippen molar-refractivity contribution in [3.63, 3.8) is 0 Å². The second-order valence-electron chi connectivity index (χ2n) is 6.64. The number of aromatic nitrogens is 2. The third kappa shape index (κ3) is 3.33. The molecule has 1 atom stereocenters. The van der Waals surface area contributed by atoms with E-state index in [1.54, 1.807) is 6.20 Å². The molecule has 1 N–H and O–H groups in total. The van der Waals surface area contributed by atoms with Gasteiger partial charge in [-0.05, 0) is 49.9 Å². The standard InChI is InChI=1S/C21H21N3O/c1-15(16-10-11-16)23-21(25)18-8-5-9-19(14-18)24-20(12-13-22-24)17-6-3-2-4-7-17/h2-9,12-16H,10-11H2,1H3,(H,23,25)/t15-/m1/s1.